The van der Waals surface area contributed by atoms with Crippen molar-refractivity contribution in [3.63, 3.8) is 0 Å². The summed E-state index contributed by atoms with van der Waals surface area (Å²) < 4.78 is 33.7. The number of esters is 2. The molecule has 11 heteroatoms. The summed E-state index contributed by atoms with van der Waals surface area (Å²) in [6.07, 6.45) is 43.6. The minimum Gasteiger partial charge on any atom is -0.756 e. The van der Waals surface area contributed by atoms with Gasteiger partial charge in [0.2, 0.25) is 0 Å². The van der Waals surface area contributed by atoms with E-state index in [1.807, 2.05) is 57.6 Å². The number of aliphatic hydroxyl groups is 1. The maximum atomic E-state index is 12.6. The highest BCUT2D eigenvalue weighted by Crippen LogP contribution is 2.38. The molecule has 326 valence electrons. The highest BCUT2D eigenvalue weighted by Gasteiger charge is 2.21. The Morgan fingerprint density at radius 2 is 1.18 bits per heavy atom. The van der Waals surface area contributed by atoms with E-state index in [1.54, 1.807) is 6.08 Å². The van der Waals surface area contributed by atoms with Gasteiger partial charge in [0.05, 0.1) is 33.9 Å². The fraction of sp³-hybridized carbons (Fsp3) is 0.652. The molecule has 0 saturated carbocycles. The molecule has 1 N–H and O–H groups in total. The smallest absolute Gasteiger partial charge is 0.306 e. The van der Waals surface area contributed by atoms with E-state index < -0.39 is 38.6 Å². The number of phosphoric acid groups is 1. The van der Waals surface area contributed by atoms with Gasteiger partial charge in [-0.15, -0.1) is 0 Å². The molecule has 0 aliphatic carbocycles. The van der Waals surface area contributed by atoms with Gasteiger partial charge in [0.15, 0.2) is 6.10 Å². The Labute approximate surface area is 346 Å². The number of likely N-dealkylation sites (N-methyl/N-ethyl adjacent to an activating group) is 1. The van der Waals surface area contributed by atoms with E-state index in [0.717, 1.165) is 38.5 Å². The van der Waals surface area contributed by atoms with E-state index in [-0.39, 0.29) is 26.1 Å². The molecule has 0 amide bonds. The summed E-state index contributed by atoms with van der Waals surface area (Å²) in [5.41, 5.74) is 0. The van der Waals surface area contributed by atoms with E-state index in [4.69, 9.17) is 18.5 Å². The topological polar surface area (TPSA) is 131 Å². The first kappa shape index (κ1) is 54.2. The summed E-state index contributed by atoms with van der Waals surface area (Å²) in [4.78, 5) is 37.5. The lowest BCUT2D eigenvalue weighted by Gasteiger charge is -2.28. The summed E-state index contributed by atoms with van der Waals surface area (Å²) in [7, 11) is 1.06. The SMILES string of the molecule is CCCCC/C=C\C/C=C\C/C=C\CCCCC(=O)OC[C@H](COP(=O)([O-])OCC[N+](C)(C)C)OC(=O)CCC/C=C\C/C=C\C=C\[C@@H](O)C/C=C\CCCCC. The lowest BCUT2D eigenvalue weighted by Crippen LogP contribution is -2.37. The molecule has 57 heavy (non-hydrogen) atoms. The monoisotopic (exact) mass is 820 g/mol. The Bertz CT molecular complexity index is 1260. The highest BCUT2D eigenvalue weighted by atomic mass is 31.2. The van der Waals surface area contributed by atoms with E-state index in [1.165, 1.54) is 38.5 Å². The van der Waals surface area contributed by atoms with Gasteiger partial charge in [0.1, 0.15) is 19.8 Å². The Kier molecular flexibility index (Phi) is 35.6. The summed E-state index contributed by atoms with van der Waals surface area (Å²) in [6, 6.07) is 0. The average molecular weight is 820 g/mol. The van der Waals surface area contributed by atoms with Crippen LogP contribution in [0, 0.1) is 0 Å². The number of aliphatic hydroxyl groups excluding tert-OH is 1. The van der Waals surface area contributed by atoms with Gasteiger partial charge in [0.25, 0.3) is 7.82 Å². The van der Waals surface area contributed by atoms with E-state index in [0.29, 0.717) is 43.1 Å². The van der Waals surface area contributed by atoms with E-state index in [2.05, 4.69) is 56.4 Å². The zero-order valence-corrected chi connectivity index (χ0v) is 37.0. The lowest BCUT2D eigenvalue weighted by atomic mass is 10.1. The second-order valence-electron chi connectivity index (χ2n) is 15.2. The number of quaternary nitrogens is 1. The van der Waals surface area contributed by atoms with Crippen LogP contribution in [0.1, 0.15) is 136 Å². The maximum absolute atomic E-state index is 12.6. The number of carbonyl (C=O) groups is 2. The third-order valence-corrected chi connectivity index (χ3v) is 9.43. The summed E-state index contributed by atoms with van der Waals surface area (Å²) >= 11 is 0. The molecule has 10 nitrogen and oxygen atoms in total. The molecule has 1 unspecified atom stereocenters. The molecule has 0 aromatic carbocycles. The second kappa shape index (κ2) is 37.4. The van der Waals surface area contributed by atoms with Gasteiger partial charge < -0.3 is 33.0 Å². The van der Waals surface area contributed by atoms with Gasteiger partial charge in [-0.05, 0) is 83.5 Å². The van der Waals surface area contributed by atoms with Gasteiger partial charge in [0, 0.05) is 12.8 Å². The summed E-state index contributed by atoms with van der Waals surface area (Å²) in [5.74, 6) is -0.994. The Morgan fingerprint density at radius 1 is 0.649 bits per heavy atom. The molecule has 0 aliphatic rings. The van der Waals surface area contributed by atoms with Crippen LogP contribution in [0.4, 0.5) is 0 Å². The minimum atomic E-state index is -4.67. The Balaban J connectivity index is 4.63. The van der Waals surface area contributed by atoms with Gasteiger partial charge in [-0.2, -0.15) is 0 Å². The number of carbonyl (C=O) groups excluding carboxylic acids is 2. The first-order chi connectivity index (χ1) is 27.4. The first-order valence-corrected chi connectivity index (χ1v) is 22.9. The molecule has 0 rings (SSSR count). The van der Waals surface area contributed by atoms with Crippen molar-refractivity contribution in [2.75, 3.05) is 47.5 Å². The van der Waals surface area contributed by atoms with Crippen molar-refractivity contribution in [1.82, 2.24) is 0 Å². The van der Waals surface area contributed by atoms with Crippen LogP contribution < -0.4 is 4.89 Å². The number of allylic oxidation sites excluding steroid dienone is 12. The third kappa shape index (κ3) is 41.1. The quantitative estimate of drug-likeness (QED) is 0.0162. The van der Waals surface area contributed by atoms with Crippen LogP contribution in [-0.4, -0.2) is 81.2 Å². The summed E-state index contributed by atoms with van der Waals surface area (Å²) in [6.45, 7) is 3.93. The number of hydrogen-bond acceptors (Lipinski definition) is 9. The molecule has 0 radical (unpaired) electrons. The number of unbranched alkanes of at least 4 members (excludes halogenated alkanes) is 9. The largest absolute Gasteiger partial charge is 0.756 e. The van der Waals surface area contributed by atoms with Crippen LogP contribution in [0.25, 0.3) is 0 Å². The fourth-order valence-corrected chi connectivity index (χ4v) is 5.76. The number of hydrogen-bond donors (Lipinski definition) is 1. The van der Waals surface area contributed by atoms with E-state index >= 15 is 0 Å². The van der Waals surface area contributed by atoms with Crippen molar-refractivity contribution in [2.45, 2.75) is 148 Å². The van der Waals surface area contributed by atoms with Crippen molar-refractivity contribution in [2.24, 2.45) is 0 Å². The van der Waals surface area contributed by atoms with Crippen LogP contribution in [0.5, 0.6) is 0 Å². The molecule has 0 aromatic rings. The summed E-state index contributed by atoms with van der Waals surface area (Å²) in [5, 5.41) is 10.0. The highest BCUT2D eigenvalue weighted by molar-refractivity contribution is 7.45. The zero-order chi connectivity index (χ0) is 42.3. The van der Waals surface area contributed by atoms with Crippen LogP contribution in [-0.2, 0) is 32.7 Å². The second-order valence-corrected chi connectivity index (χ2v) is 16.6. The van der Waals surface area contributed by atoms with Crippen molar-refractivity contribution in [3.8, 4) is 0 Å². The van der Waals surface area contributed by atoms with Crippen molar-refractivity contribution >= 4 is 19.8 Å². The fourth-order valence-electron chi connectivity index (χ4n) is 5.03. The Morgan fingerprint density at radius 3 is 1.77 bits per heavy atom. The molecule has 0 spiro atoms. The van der Waals surface area contributed by atoms with E-state index in [9.17, 15) is 24.2 Å². The molecular weight excluding hydrogens is 741 g/mol. The van der Waals surface area contributed by atoms with Gasteiger partial charge in [-0.3, -0.25) is 14.2 Å². The number of phosphoric ester groups is 1. The lowest BCUT2D eigenvalue weighted by molar-refractivity contribution is -0.870. The van der Waals surface area contributed by atoms with Gasteiger partial charge in [-0.1, -0.05) is 125 Å². The van der Waals surface area contributed by atoms with Crippen LogP contribution in [0.3, 0.4) is 0 Å². The minimum absolute atomic E-state index is 0.0628. The zero-order valence-electron chi connectivity index (χ0n) is 36.1. The van der Waals surface area contributed by atoms with Crippen molar-refractivity contribution < 1.29 is 47.2 Å². The average Bonchev–Trinajstić information content (AvgIpc) is 3.15. The molecule has 0 bridgehead atoms. The molecular formula is C46H78NO9P. The predicted molar refractivity (Wildman–Crippen MR) is 232 cm³/mol. The standard InChI is InChI=1S/C46H78NO9P/c1-6-8-10-12-14-15-16-17-18-19-20-21-25-29-33-37-45(49)53-41-44(42-55-57(51,52)54-40-39-47(3,4)5)56-46(50)38-34-30-26-23-22-24-28-32-36-43(48)35-31-27-13-11-9-7-2/h14-15,17-18,20-21,23-24,26-28,31-32,36,43-44,48H,6-13,16,19,22,25,29-30,33-35,37-42H2,1-5H3/b15-14-,18-17-,21-20-,26-23-,28-24-,31-27-,36-32+/t43-,44+/m0/s1. The van der Waals surface area contributed by atoms with Crippen LogP contribution in [0.15, 0.2) is 85.1 Å². The first-order valence-electron chi connectivity index (χ1n) is 21.4. The maximum Gasteiger partial charge on any atom is 0.306 e. The molecule has 0 aliphatic heterocycles. The number of nitrogens with zero attached hydrogens (tertiary/aromatic N) is 1. The van der Waals surface area contributed by atoms with Crippen molar-refractivity contribution in [3.05, 3.63) is 85.1 Å². The molecule has 3 atom stereocenters. The van der Waals surface area contributed by atoms with Crippen molar-refractivity contribution in [1.29, 1.82) is 0 Å². The third-order valence-electron chi connectivity index (χ3n) is 8.47. The number of rotatable bonds is 37. The van der Waals surface area contributed by atoms with Crippen LogP contribution >= 0.6 is 7.82 Å². The number of ether oxygens (including phenoxy) is 2. The Hall–Kier alpha value is -2.85. The van der Waals surface area contributed by atoms with Gasteiger partial charge in [-0.25, -0.2) is 0 Å². The normalized spacial score (nSPS) is 15.0. The molecule has 0 aromatic heterocycles. The predicted octanol–water partition coefficient (Wildman–Crippen LogP) is 10.4. The van der Waals surface area contributed by atoms with Gasteiger partial charge >= 0.3 is 11.9 Å². The van der Waals surface area contributed by atoms with Crippen LogP contribution in [0.2, 0.25) is 0 Å². The molecule has 0 heterocycles. The molecule has 0 fully saturated rings. The molecule has 0 saturated heterocycles.